The molecule has 0 bridgehead atoms. The molecule has 2 rings (SSSR count). The fourth-order valence-electron chi connectivity index (χ4n) is 1.99. The van der Waals surface area contributed by atoms with Gasteiger partial charge in [0.15, 0.2) is 0 Å². The monoisotopic (exact) mass is 324 g/mol. The topological polar surface area (TPSA) is 63.4 Å². The van der Waals surface area contributed by atoms with Crippen LogP contribution in [0.15, 0.2) is 53.4 Å². The molecule has 0 unspecified atom stereocenters. The standard InChI is InChI=1S/C15H17ClN2O2S/c1-2-18(11-12-4-3-5-13(16)10-12)21(19,20)15-8-6-14(17)7-9-15/h3-10H,2,11,17H2,1H3. The number of hydrogen-bond acceptors (Lipinski definition) is 3. The first-order valence-electron chi connectivity index (χ1n) is 6.53. The van der Waals surface area contributed by atoms with Gasteiger partial charge in [-0.3, -0.25) is 0 Å². The lowest BCUT2D eigenvalue weighted by molar-refractivity contribution is 0.423. The summed E-state index contributed by atoms with van der Waals surface area (Å²) in [5, 5.41) is 0.591. The van der Waals surface area contributed by atoms with Crippen LogP contribution in [-0.4, -0.2) is 19.3 Å². The minimum atomic E-state index is -3.54. The van der Waals surface area contributed by atoms with Crippen LogP contribution in [0.5, 0.6) is 0 Å². The molecule has 2 N–H and O–H groups in total. The van der Waals surface area contributed by atoms with Crippen LogP contribution < -0.4 is 5.73 Å². The lowest BCUT2D eigenvalue weighted by atomic mass is 10.2. The summed E-state index contributed by atoms with van der Waals surface area (Å²) in [6, 6.07) is 13.4. The molecule has 0 atom stereocenters. The zero-order valence-electron chi connectivity index (χ0n) is 11.7. The Bertz CT molecular complexity index is 715. The molecule has 0 spiro atoms. The van der Waals surface area contributed by atoms with Crippen molar-refractivity contribution in [2.24, 2.45) is 0 Å². The van der Waals surface area contributed by atoms with E-state index in [1.165, 1.54) is 16.4 Å². The van der Waals surface area contributed by atoms with Crippen LogP contribution in [0, 0.1) is 0 Å². The second-order valence-corrected chi connectivity index (χ2v) is 7.00. The summed E-state index contributed by atoms with van der Waals surface area (Å²) < 4.78 is 26.6. The van der Waals surface area contributed by atoms with Gasteiger partial charge in [-0.15, -0.1) is 0 Å². The van der Waals surface area contributed by atoms with Gasteiger partial charge in [0.25, 0.3) is 0 Å². The quantitative estimate of drug-likeness (QED) is 0.859. The molecule has 112 valence electrons. The third-order valence-corrected chi connectivity index (χ3v) is 5.29. The molecule has 0 aliphatic heterocycles. The van der Waals surface area contributed by atoms with Gasteiger partial charge in [-0.2, -0.15) is 4.31 Å². The van der Waals surface area contributed by atoms with Crippen molar-refractivity contribution in [1.29, 1.82) is 0 Å². The second kappa shape index (κ2) is 6.47. The Balaban J connectivity index is 2.29. The predicted octanol–water partition coefficient (Wildman–Crippen LogP) is 3.13. The van der Waals surface area contributed by atoms with Crippen LogP contribution in [0.25, 0.3) is 0 Å². The Morgan fingerprint density at radius 2 is 1.81 bits per heavy atom. The highest BCUT2D eigenvalue weighted by atomic mass is 35.5. The summed E-state index contributed by atoms with van der Waals surface area (Å²) in [6.45, 7) is 2.46. The fourth-order valence-corrected chi connectivity index (χ4v) is 3.64. The van der Waals surface area contributed by atoms with Crippen molar-refractivity contribution in [3.05, 3.63) is 59.1 Å². The number of nitrogens with two attached hydrogens (primary N) is 1. The molecule has 0 saturated heterocycles. The van der Waals surface area contributed by atoms with Crippen LogP contribution in [0.1, 0.15) is 12.5 Å². The molecule has 0 aliphatic carbocycles. The van der Waals surface area contributed by atoms with Crippen molar-refractivity contribution >= 4 is 27.3 Å². The molecule has 4 nitrogen and oxygen atoms in total. The third kappa shape index (κ3) is 3.75. The van der Waals surface area contributed by atoms with Crippen molar-refractivity contribution in [3.8, 4) is 0 Å². The number of hydrogen-bond donors (Lipinski definition) is 1. The average molecular weight is 325 g/mol. The lowest BCUT2D eigenvalue weighted by Crippen LogP contribution is -2.30. The first kappa shape index (κ1) is 15.8. The molecule has 0 saturated carbocycles. The average Bonchev–Trinajstić information content (AvgIpc) is 2.45. The fraction of sp³-hybridized carbons (Fsp3) is 0.200. The van der Waals surface area contributed by atoms with Gasteiger partial charge >= 0.3 is 0 Å². The van der Waals surface area contributed by atoms with Gasteiger partial charge in [0.2, 0.25) is 10.0 Å². The number of nitrogens with zero attached hydrogens (tertiary/aromatic N) is 1. The first-order valence-corrected chi connectivity index (χ1v) is 8.35. The summed E-state index contributed by atoms with van der Waals surface area (Å²) >= 11 is 5.94. The van der Waals surface area contributed by atoms with Crippen molar-refractivity contribution in [2.75, 3.05) is 12.3 Å². The van der Waals surface area contributed by atoms with E-state index >= 15 is 0 Å². The Morgan fingerprint density at radius 3 is 2.38 bits per heavy atom. The molecular formula is C15H17ClN2O2S. The maximum atomic E-state index is 12.6. The lowest BCUT2D eigenvalue weighted by Gasteiger charge is -2.20. The molecule has 21 heavy (non-hydrogen) atoms. The van der Waals surface area contributed by atoms with Gasteiger partial charge in [-0.25, -0.2) is 8.42 Å². The van der Waals surface area contributed by atoms with Crippen LogP contribution in [0.3, 0.4) is 0 Å². The molecule has 0 aromatic heterocycles. The van der Waals surface area contributed by atoms with E-state index in [0.717, 1.165) is 5.56 Å². The minimum Gasteiger partial charge on any atom is -0.399 e. The largest absolute Gasteiger partial charge is 0.399 e. The van der Waals surface area contributed by atoms with Crippen molar-refractivity contribution in [2.45, 2.75) is 18.4 Å². The molecular weight excluding hydrogens is 308 g/mol. The zero-order chi connectivity index (χ0) is 15.5. The Hall–Kier alpha value is -1.56. The maximum absolute atomic E-state index is 12.6. The van der Waals surface area contributed by atoms with E-state index in [0.29, 0.717) is 17.3 Å². The van der Waals surface area contributed by atoms with Crippen LogP contribution in [-0.2, 0) is 16.6 Å². The van der Waals surface area contributed by atoms with Crippen molar-refractivity contribution in [3.63, 3.8) is 0 Å². The van der Waals surface area contributed by atoms with E-state index < -0.39 is 10.0 Å². The van der Waals surface area contributed by atoms with E-state index in [-0.39, 0.29) is 11.4 Å². The number of rotatable bonds is 5. The molecule has 0 fully saturated rings. The van der Waals surface area contributed by atoms with Gasteiger partial charge < -0.3 is 5.73 Å². The summed E-state index contributed by atoms with van der Waals surface area (Å²) in [5.41, 5.74) is 6.98. The van der Waals surface area contributed by atoms with E-state index in [2.05, 4.69) is 0 Å². The van der Waals surface area contributed by atoms with Crippen molar-refractivity contribution in [1.82, 2.24) is 4.31 Å². The van der Waals surface area contributed by atoms with Gasteiger partial charge in [0.05, 0.1) is 4.90 Å². The van der Waals surface area contributed by atoms with E-state index in [1.807, 2.05) is 6.07 Å². The number of halogens is 1. The molecule has 2 aromatic carbocycles. The van der Waals surface area contributed by atoms with E-state index in [4.69, 9.17) is 17.3 Å². The van der Waals surface area contributed by atoms with Crippen LogP contribution in [0.2, 0.25) is 5.02 Å². The molecule has 0 amide bonds. The van der Waals surface area contributed by atoms with Crippen LogP contribution in [0.4, 0.5) is 5.69 Å². The normalized spacial score (nSPS) is 11.8. The predicted molar refractivity (Wildman–Crippen MR) is 85.6 cm³/mol. The Labute approximate surface area is 130 Å². The molecule has 2 aromatic rings. The molecule has 0 heterocycles. The van der Waals surface area contributed by atoms with Gasteiger partial charge in [-0.1, -0.05) is 30.7 Å². The first-order chi connectivity index (χ1) is 9.93. The highest BCUT2D eigenvalue weighted by Crippen LogP contribution is 2.20. The van der Waals surface area contributed by atoms with Crippen molar-refractivity contribution < 1.29 is 8.42 Å². The molecule has 0 aliphatic rings. The highest BCUT2D eigenvalue weighted by Gasteiger charge is 2.23. The van der Waals surface area contributed by atoms with Gasteiger partial charge in [0.1, 0.15) is 0 Å². The van der Waals surface area contributed by atoms with Gasteiger partial charge in [-0.05, 0) is 42.0 Å². The summed E-state index contributed by atoms with van der Waals surface area (Å²) in [5.74, 6) is 0. The van der Waals surface area contributed by atoms with E-state index in [9.17, 15) is 8.42 Å². The van der Waals surface area contributed by atoms with E-state index in [1.54, 1.807) is 37.3 Å². The van der Waals surface area contributed by atoms with Crippen LogP contribution >= 0.6 is 11.6 Å². The summed E-state index contributed by atoms with van der Waals surface area (Å²) in [4.78, 5) is 0.237. The molecule has 6 heteroatoms. The zero-order valence-corrected chi connectivity index (χ0v) is 13.2. The SMILES string of the molecule is CCN(Cc1cccc(Cl)c1)S(=O)(=O)c1ccc(N)cc1. The number of anilines is 1. The number of sulfonamides is 1. The Morgan fingerprint density at radius 1 is 1.14 bits per heavy atom. The summed E-state index contributed by atoms with van der Waals surface area (Å²) in [7, 11) is -3.54. The molecule has 0 radical (unpaired) electrons. The highest BCUT2D eigenvalue weighted by molar-refractivity contribution is 7.89. The number of benzene rings is 2. The minimum absolute atomic E-state index is 0.237. The number of nitrogen functional groups attached to an aromatic ring is 1. The Kier molecular flexibility index (Phi) is 4.88. The summed E-state index contributed by atoms with van der Waals surface area (Å²) in [6.07, 6.45) is 0. The smallest absolute Gasteiger partial charge is 0.243 e. The maximum Gasteiger partial charge on any atom is 0.243 e. The third-order valence-electron chi connectivity index (χ3n) is 3.12. The second-order valence-electron chi connectivity index (χ2n) is 4.63. The van der Waals surface area contributed by atoms with Gasteiger partial charge in [0, 0.05) is 23.8 Å².